The van der Waals surface area contributed by atoms with Crippen LogP contribution in [-0.2, 0) is 4.79 Å². The monoisotopic (exact) mass is 342 g/mol. The number of rotatable bonds is 7. The quantitative estimate of drug-likeness (QED) is 0.748. The van der Waals surface area contributed by atoms with Gasteiger partial charge in [-0.3, -0.25) is 9.59 Å². The number of hydrogen-bond donors (Lipinski definition) is 2. The van der Waals surface area contributed by atoms with Crippen LogP contribution in [-0.4, -0.2) is 23.8 Å². The fourth-order valence-corrected chi connectivity index (χ4v) is 2.71. The van der Waals surface area contributed by atoms with Gasteiger partial charge in [-0.05, 0) is 37.8 Å². The van der Waals surface area contributed by atoms with Gasteiger partial charge in [-0.2, -0.15) is 0 Å². The molecular formula is C17H24ClFN2O2. The fraction of sp³-hybridized carbons (Fsp3) is 0.529. The second-order valence-electron chi connectivity index (χ2n) is 6.42. The Morgan fingerprint density at radius 1 is 1.43 bits per heavy atom. The maximum atomic E-state index is 13.2. The highest BCUT2D eigenvalue weighted by Gasteiger charge is 2.41. The Kier molecular flexibility index (Phi) is 6.71. The maximum Gasteiger partial charge on any atom is 0.221 e. The normalized spacial score (nSPS) is 17.6. The zero-order valence-electron chi connectivity index (χ0n) is 13.5. The van der Waals surface area contributed by atoms with Crippen LogP contribution in [0.15, 0.2) is 24.3 Å². The van der Waals surface area contributed by atoms with E-state index in [-0.39, 0.29) is 30.5 Å². The zero-order chi connectivity index (χ0) is 16.3. The molecule has 0 aliphatic heterocycles. The zero-order valence-corrected chi connectivity index (χ0v) is 14.3. The molecule has 1 amide bonds. The molecule has 1 aromatic carbocycles. The summed E-state index contributed by atoms with van der Waals surface area (Å²) in [4.78, 5) is 24.4. The molecule has 1 saturated carbocycles. The van der Waals surface area contributed by atoms with Gasteiger partial charge >= 0.3 is 0 Å². The summed E-state index contributed by atoms with van der Waals surface area (Å²) in [5.41, 5.74) is 5.68. The summed E-state index contributed by atoms with van der Waals surface area (Å²) in [6.07, 6.45) is 2.23. The van der Waals surface area contributed by atoms with Crippen molar-refractivity contribution in [2.45, 2.75) is 38.6 Å². The molecule has 0 radical (unpaired) electrons. The van der Waals surface area contributed by atoms with E-state index >= 15 is 0 Å². The SMILES string of the molecule is CC(CC(=O)NC(C)(CN)C1CC1)C(=O)c1cccc(F)c1.Cl. The van der Waals surface area contributed by atoms with Crippen LogP contribution >= 0.6 is 12.4 Å². The third kappa shape index (κ3) is 5.01. The van der Waals surface area contributed by atoms with Gasteiger partial charge in [0.05, 0.1) is 5.54 Å². The van der Waals surface area contributed by atoms with Crippen molar-refractivity contribution in [3.8, 4) is 0 Å². The van der Waals surface area contributed by atoms with E-state index in [4.69, 9.17) is 5.73 Å². The Labute approximate surface area is 142 Å². The molecule has 0 aromatic heterocycles. The lowest BCUT2D eigenvalue weighted by molar-refractivity contribution is -0.123. The van der Waals surface area contributed by atoms with Crippen molar-refractivity contribution >= 4 is 24.1 Å². The van der Waals surface area contributed by atoms with E-state index in [2.05, 4.69) is 5.32 Å². The average molecular weight is 343 g/mol. The molecule has 3 N–H and O–H groups in total. The van der Waals surface area contributed by atoms with E-state index in [1.165, 1.54) is 18.2 Å². The van der Waals surface area contributed by atoms with Crippen molar-refractivity contribution in [3.63, 3.8) is 0 Å². The number of carbonyl (C=O) groups excluding carboxylic acids is 2. The van der Waals surface area contributed by atoms with Crippen molar-refractivity contribution in [2.24, 2.45) is 17.6 Å². The van der Waals surface area contributed by atoms with Crippen LogP contribution in [0.2, 0.25) is 0 Å². The van der Waals surface area contributed by atoms with Crippen molar-refractivity contribution in [1.82, 2.24) is 5.32 Å². The molecule has 0 heterocycles. The number of Topliss-reactive ketones (excluding diaryl/α,β-unsaturated/α-hetero) is 1. The average Bonchev–Trinajstić information content (AvgIpc) is 3.31. The molecule has 23 heavy (non-hydrogen) atoms. The first-order chi connectivity index (χ1) is 10.4. The van der Waals surface area contributed by atoms with Crippen molar-refractivity contribution < 1.29 is 14.0 Å². The third-order valence-corrected chi connectivity index (χ3v) is 4.38. The molecule has 2 rings (SSSR count). The Balaban J connectivity index is 0.00000264. The highest BCUT2D eigenvalue weighted by atomic mass is 35.5. The minimum absolute atomic E-state index is 0. The number of carbonyl (C=O) groups is 2. The van der Waals surface area contributed by atoms with Crippen LogP contribution in [0.5, 0.6) is 0 Å². The topological polar surface area (TPSA) is 72.2 Å². The Morgan fingerprint density at radius 2 is 2.09 bits per heavy atom. The number of hydrogen-bond acceptors (Lipinski definition) is 3. The minimum atomic E-state index is -0.497. The molecule has 1 aliphatic rings. The number of halogens is 2. The van der Waals surface area contributed by atoms with Gasteiger partial charge in [0, 0.05) is 24.4 Å². The summed E-state index contributed by atoms with van der Waals surface area (Å²) < 4.78 is 13.2. The molecule has 1 aliphatic carbocycles. The summed E-state index contributed by atoms with van der Waals surface area (Å²) in [7, 11) is 0. The smallest absolute Gasteiger partial charge is 0.221 e. The van der Waals surface area contributed by atoms with E-state index in [0.717, 1.165) is 12.8 Å². The van der Waals surface area contributed by atoms with Crippen molar-refractivity contribution in [1.29, 1.82) is 0 Å². The molecule has 0 saturated heterocycles. The number of ketones is 1. The molecule has 0 spiro atoms. The van der Waals surface area contributed by atoms with Gasteiger partial charge in [0.25, 0.3) is 0 Å². The first-order valence-corrected chi connectivity index (χ1v) is 7.66. The number of amides is 1. The summed E-state index contributed by atoms with van der Waals surface area (Å²) in [5, 5.41) is 2.96. The third-order valence-electron chi connectivity index (χ3n) is 4.38. The number of nitrogens with two attached hydrogens (primary N) is 1. The molecule has 128 valence electrons. The van der Waals surface area contributed by atoms with Crippen LogP contribution < -0.4 is 11.1 Å². The maximum absolute atomic E-state index is 13.2. The standard InChI is InChI=1S/C17H23FN2O2.ClH/c1-11(16(22)12-4-3-5-14(18)9-12)8-15(21)20-17(2,10-19)13-6-7-13;/h3-5,9,11,13H,6-8,10,19H2,1-2H3,(H,20,21);1H. The van der Waals surface area contributed by atoms with Crippen LogP contribution in [0.25, 0.3) is 0 Å². The Bertz CT molecular complexity index is 577. The van der Waals surface area contributed by atoms with Gasteiger partial charge < -0.3 is 11.1 Å². The molecule has 1 fully saturated rings. The number of nitrogens with one attached hydrogen (secondary N) is 1. The summed E-state index contributed by atoms with van der Waals surface area (Å²) in [6.45, 7) is 4.01. The lowest BCUT2D eigenvalue weighted by Crippen LogP contribution is -2.53. The summed E-state index contributed by atoms with van der Waals surface area (Å²) in [6, 6.07) is 5.55. The molecular weight excluding hydrogens is 319 g/mol. The highest BCUT2D eigenvalue weighted by Crippen LogP contribution is 2.39. The second kappa shape index (κ2) is 7.88. The molecule has 2 unspecified atom stereocenters. The van der Waals surface area contributed by atoms with Gasteiger partial charge in [-0.25, -0.2) is 4.39 Å². The van der Waals surface area contributed by atoms with Crippen LogP contribution in [0.3, 0.4) is 0 Å². The highest BCUT2D eigenvalue weighted by molar-refractivity contribution is 5.99. The van der Waals surface area contributed by atoms with E-state index in [9.17, 15) is 14.0 Å². The Morgan fingerprint density at radius 3 is 2.61 bits per heavy atom. The molecule has 2 atom stereocenters. The van der Waals surface area contributed by atoms with Gasteiger partial charge in [0.2, 0.25) is 5.91 Å². The van der Waals surface area contributed by atoms with Crippen molar-refractivity contribution in [2.75, 3.05) is 6.54 Å². The van der Waals surface area contributed by atoms with Crippen molar-refractivity contribution in [3.05, 3.63) is 35.6 Å². The lowest BCUT2D eigenvalue weighted by atomic mass is 9.93. The lowest BCUT2D eigenvalue weighted by Gasteiger charge is -2.30. The minimum Gasteiger partial charge on any atom is -0.349 e. The van der Waals surface area contributed by atoms with E-state index in [0.29, 0.717) is 18.0 Å². The van der Waals surface area contributed by atoms with E-state index in [1.807, 2.05) is 6.92 Å². The molecule has 4 nitrogen and oxygen atoms in total. The predicted octanol–water partition coefficient (Wildman–Crippen LogP) is 2.70. The summed E-state index contributed by atoms with van der Waals surface area (Å²) in [5.74, 6) is -0.932. The van der Waals surface area contributed by atoms with Gasteiger partial charge in [-0.1, -0.05) is 19.1 Å². The van der Waals surface area contributed by atoms with Crippen LogP contribution in [0.1, 0.15) is 43.5 Å². The van der Waals surface area contributed by atoms with E-state index < -0.39 is 17.3 Å². The largest absolute Gasteiger partial charge is 0.349 e. The van der Waals surface area contributed by atoms with Gasteiger partial charge in [-0.15, -0.1) is 12.4 Å². The first-order valence-electron chi connectivity index (χ1n) is 7.66. The molecule has 6 heteroatoms. The molecule has 0 bridgehead atoms. The van der Waals surface area contributed by atoms with Crippen LogP contribution in [0.4, 0.5) is 4.39 Å². The van der Waals surface area contributed by atoms with Crippen LogP contribution in [0, 0.1) is 17.7 Å². The second-order valence-corrected chi connectivity index (χ2v) is 6.42. The summed E-state index contributed by atoms with van der Waals surface area (Å²) >= 11 is 0. The van der Waals surface area contributed by atoms with Gasteiger partial charge in [0.15, 0.2) is 5.78 Å². The Hall–Kier alpha value is -1.46. The fourth-order valence-electron chi connectivity index (χ4n) is 2.71. The predicted molar refractivity (Wildman–Crippen MR) is 90.1 cm³/mol. The van der Waals surface area contributed by atoms with Gasteiger partial charge in [0.1, 0.15) is 5.82 Å². The molecule has 1 aromatic rings. The first kappa shape index (κ1) is 19.6. The van der Waals surface area contributed by atoms with E-state index in [1.54, 1.807) is 13.0 Å². The number of benzene rings is 1.